The van der Waals surface area contributed by atoms with Gasteiger partial charge in [-0.3, -0.25) is 4.79 Å². The van der Waals surface area contributed by atoms with Gasteiger partial charge in [-0.1, -0.05) is 31.7 Å². The molecule has 184 valence electrons. The molecule has 3 rings (SSSR count). The molecule has 1 aliphatic rings. The number of carbonyl (C=O) groups is 1. The highest BCUT2D eigenvalue weighted by molar-refractivity contribution is 7.89. The number of hydrogen-bond acceptors (Lipinski definition) is 6. The van der Waals surface area contributed by atoms with Crippen molar-refractivity contribution >= 4 is 15.9 Å². The molecule has 8 nitrogen and oxygen atoms in total. The fourth-order valence-corrected chi connectivity index (χ4v) is 4.89. The summed E-state index contributed by atoms with van der Waals surface area (Å²) in [6, 6.07) is 11.6. The molecule has 0 radical (unpaired) electrons. The Morgan fingerprint density at radius 2 is 2.09 bits per heavy atom. The highest BCUT2D eigenvalue weighted by Gasteiger charge is 2.25. The average molecular weight is 489 g/mol. The van der Waals surface area contributed by atoms with Crippen LogP contribution in [0.15, 0.2) is 60.0 Å². The summed E-state index contributed by atoms with van der Waals surface area (Å²) in [6.07, 6.45) is 3.41. The fraction of sp³-hybridized carbons (Fsp3) is 0.400. The number of sulfonamides is 1. The van der Waals surface area contributed by atoms with Gasteiger partial charge in [0.05, 0.1) is 18.1 Å². The monoisotopic (exact) mass is 488 g/mol. The molecule has 0 saturated carbocycles. The molecule has 2 aromatic carbocycles. The first-order valence-corrected chi connectivity index (χ1v) is 12.8. The number of hydrogen-bond donors (Lipinski definition) is 1. The molecule has 1 N–H and O–H groups in total. The topological polar surface area (TPSA) is 94.2 Å². The van der Waals surface area contributed by atoms with Crippen molar-refractivity contribution in [1.29, 1.82) is 0 Å². The van der Waals surface area contributed by atoms with E-state index in [0.29, 0.717) is 43.4 Å². The number of nitrogens with one attached hydrogen (secondary N) is 1. The summed E-state index contributed by atoms with van der Waals surface area (Å²) >= 11 is 0. The van der Waals surface area contributed by atoms with Crippen LogP contribution in [-0.2, 0) is 21.3 Å². The zero-order valence-electron chi connectivity index (χ0n) is 19.7. The largest absolute Gasteiger partial charge is 0.493 e. The van der Waals surface area contributed by atoms with Gasteiger partial charge >= 0.3 is 0 Å². The third-order valence-electron chi connectivity index (χ3n) is 5.42. The van der Waals surface area contributed by atoms with Gasteiger partial charge in [0.2, 0.25) is 10.0 Å². The van der Waals surface area contributed by atoms with Crippen molar-refractivity contribution < 1.29 is 27.4 Å². The van der Waals surface area contributed by atoms with E-state index in [2.05, 4.69) is 11.3 Å². The summed E-state index contributed by atoms with van der Waals surface area (Å²) in [5.74, 6) is 0.877. The maximum atomic E-state index is 13.5. The maximum absolute atomic E-state index is 13.5. The molecule has 1 aliphatic heterocycles. The summed E-state index contributed by atoms with van der Waals surface area (Å²) in [5.41, 5.74) is 1.15. The molecule has 34 heavy (non-hydrogen) atoms. The lowest BCUT2D eigenvalue weighted by Crippen LogP contribution is -2.37. The van der Waals surface area contributed by atoms with E-state index in [9.17, 15) is 13.2 Å². The molecular formula is C25H32N2O6S. The van der Waals surface area contributed by atoms with E-state index in [-0.39, 0.29) is 23.5 Å². The van der Waals surface area contributed by atoms with E-state index in [1.807, 2.05) is 12.1 Å². The molecule has 1 amide bonds. The molecule has 0 bridgehead atoms. The van der Waals surface area contributed by atoms with Gasteiger partial charge in [0.1, 0.15) is 6.61 Å². The first-order chi connectivity index (χ1) is 16.4. The predicted octanol–water partition coefficient (Wildman–Crippen LogP) is 3.38. The van der Waals surface area contributed by atoms with Crippen LogP contribution in [-0.4, -0.2) is 58.7 Å². The maximum Gasteiger partial charge on any atom is 0.254 e. The zero-order chi connectivity index (χ0) is 24.6. The molecule has 1 fully saturated rings. The van der Waals surface area contributed by atoms with E-state index in [0.717, 1.165) is 18.4 Å². The SMILES string of the molecule is C=CCOc1ccc(CN(CC2CCCO2)C(=O)c2cccc(S(=O)(=O)NCC)c2)cc1OC. The van der Waals surface area contributed by atoms with Crippen LogP contribution in [0.3, 0.4) is 0 Å². The number of benzene rings is 2. The van der Waals surface area contributed by atoms with Gasteiger partial charge in [0.25, 0.3) is 5.91 Å². The van der Waals surface area contributed by atoms with Crippen LogP contribution in [0.2, 0.25) is 0 Å². The Kier molecular flexibility index (Phi) is 9.09. The van der Waals surface area contributed by atoms with Crippen molar-refractivity contribution in [3.63, 3.8) is 0 Å². The van der Waals surface area contributed by atoms with Crippen LogP contribution in [0.1, 0.15) is 35.7 Å². The molecular weight excluding hydrogens is 456 g/mol. The van der Waals surface area contributed by atoms with Crippen molar-refractivity contribution in [1.82, 2.24) is 9.62 Å². The highest BCUT2D eigenvalue weighted by Crippen LogP contribution is 2.29. The molecule has 1 atom stereocenters. The Morgan fingerprint density at radius 3 is 2.76 bits per heavy atom. The smallest absolute Gasteiger partial charge is 0.254 e. The molecule has 1 unspecified atom stereocenters. The van der Waals surface area contributed by atoms with E-state index >= 15 is 0 Å². The van der Waals surface area contributed by atoms with Gasteiger partial charge in [-0.2, -0.15) is 0 Å². The van der Waals surface area contributed by atoms with Gasteiger partial charge < -0.3 is 19.1 Å². The van der Waals surface area contributed by atoms with Crippen molar-refractivity contribution in [3.05, 3.63) is 66.2 Å². The highest BCUT2D eigenvalue weighted by atomic mass is 32.2. The zero-order valence-corrected chi connectivity index (χ0v) is 20.5. The van der Waals surface area contributed by atoms with Gasteiger partial charge in [0, 0.05) is 31.8 Å². The third-order valence-corrected chi connectivity index (χ3v) is 6.96. The number of carbonyl (C=O) groups excluding carboxylic acids is 1. The molecule has 0 aliphatic carbocycles. The van der Waals surface area contributed by atoms with Crippen molar-refractivity contribution in [2.75, 3.05) is 33.4 Å². The van der Waals surface area contributed by atoms with Crippen LogP contribution in [0.25, 0.3) is 0 Å². The number of rotatable bonds is 12. The number of methoxy groups -OCH3 is 1. The van der Waals surface area contributed by atoms with Gasteiger partial charge in [-0.15, -0.1) is 0 Å². The molecule has 1 saturated heterocycles. The lowest BCUT2D eigenvalue weighted by Gasteiger charge is -2.26. The third kappa shape index (κ3) is 6.59. The Balaban J connectivity index is 1.88. The second-order valence-corrected chi connectivity index (χ2v) is 9.70. The number of ether oxygens (including phenoxy) is 3. The Hall–Kier alpha value is -2.88. The summed E-state index contributed by atoms with van der Waals surface area (Å²) in [4.78, 5) is 15.3. The molecule has 0 aromatic heterocycles. The van der Waals surface area contributed by atoms with Crippen LogP contribution in [0.5, 0.6) is 11.5 Å². The van der Waals surface area contributed by atoms with Crippen LogP contribution < -0.4 is 14.2 Å². The molecule has 2 aromatic rings. The standard InChI is InChI=1S/C25H32N2O6S/c1-4-13-33-23-12-11-19(15-24(23)31-3)17-27(18-21-9-7-14-32-21)25(28)20-8-6-10-22(16-20)34(29,30)26-5-2/h4,6,8,10-12,15-16,21,26H,1,5,7,9,13-14,17-18H2,2-3H3. The molecule has 9 heteroatoms. The second kappa shape index (κ2) is 12.0. The van der Waals surface area contributed by atoms with E-state index in [1.165, 1.54) is 12.1 Å². The van der Waals surface area contributed by atoms with E-state index in [4.69, 9.17) is 14.2 Å². The average Bonchev–Trinajstić information content (AvgIpc) is 3.35. The minimum absolute atomic E-state index is 0.0580. The Morgan fingerprint density at radius 1 is 1.26 bits per heavy atom. The summed E-state index contributed by atoms with van der Waals surface area (Å²) < 4.78 is 44.2. The van der Waals surface area contributed by atoms with Crippen LogP contribution >= 0.6 is 0 Å². The number of nitrogens with zero attached hydrogens (tertiary/aromatic N) is 1. The normalized spacial score (nSPS) is 15.6. The lowest BCUT2D eigenvalue weighted by atomic mass is 10.1. The summed E-state index contributed by atoms with van der Waals surface area (Å²) in [7, 11) is -2.12. The van der Waals surface area contributed by atoms with Crippen molar-refractivity contribution in [3.8, 4) is 11.5 Å². The van der Waals surface area contributed by atoms with Crippen LogP contribution in [0, 0.1) is 0 Å². The van der Waals surface area contributed by atoms with Gasteiger partial charge in [-0.25, -0.2) is 13.1 Å². The Bertz CT molecular complexity index is 1100. The summed E-state index contributed by atoms with van der Waals surface area (Å²) in [5, 5.41) is 0. The quantitative estimate of drug-likeness (QED) is 0.461. The minimum atomic E-state index is -3.68. The van der Waals surface area contributed by atoms with Crippen LogP contribution in [0.4, 0.5) is 0 Å². The van der Waals surface area contributed by atoms with Crippen molar-refractivity contribution in [2.24, 2.45) is 0 Å². The second-order valence-electron chi connectivity index (χ2n) is 7.93. The summed E-state index contributed by atoms with van der Waals surface area (Å²) in [6.45, 7) is 7.36. The van der Waals surface area contributed by atoms with E-state index in [1.54, 1.807) is 43.2 Å². The van der Waals surface area contributed by atoms with Gasteiger partial charge in [-0.05, 0) is 48.7 Å². The molecule has 1 heterocycles. The first kappa shape index (κ1) is 25.7. The van der Waals surface area contributed by atoms with Gasteiger partial charge in [0.15, 0.2) is 11.5 Å². The predicted molar refractivity (Wildman–Crippen MR) is 130 cm³/mol. The van der Waals surface area contributed by atoms with E-state index < -0.39 is 10.0 Å². The Labute approximate surface area is 201 Å². The lowest BCUT2D eigenvalue weighted by molar-refractivity contribution is 0.0507. The minimum Gasteiger partial charge on any atom is -0.493 e. The fourth-order valence-electron chi connectivity index (χ4n) is 3.80. The van der Waals surface area contributed by atoms with Crippen molar-refractivity contribution in [2.45, 2.75) is 37.3 Å². The molecule has 0 spiro atoms. The first-order valence-electron chi connectivity index (χ1n) is 11.3. The number of amides is 1.